The standard InChI is InChI=1S/C17H20N2O3/c1-13-4-2-3-5-14(13)8-9-18-17(21)12-22-16-7-6-15(11-20)19-10-16/h2-7,10,20H,8-9,11-12H2,1H3,(H,18,21). The Morgan fingerprint density at radius 2 is 2.09 bits per heavy atom. The molecule has 0 fully saturated rings. The first kappa shape index (κ1) is 16.0. The van der Waals surface area contributed by atoms with Crippen molar-refractivity contribution in [2.75, 3.05) is 13.2 Å². The van der Waals surface area contributed by atoms with Gasteiger partial charge in [-0.3, -0.25) is 9.78 Å². The number of hydrogen-bond donors (Lipinski definition) is 2. The number of nitrogens with one attached hydrogen (secondary N) is 1. The fraction of sp³-hybridized carbons (Fsp3) is 0.294. The molecule has 1 heterocycles. The van der Waals surface area contributed by atoms with Gasteiger partial charge in [-0.15, -0.1) is 0 Å². The molecule has 2 N–H and O–H groups in total. The summed E-state index contributed by atoms with van der Waals surface area (Å²) in [6, 6.07) is 11.5. The summed E-state index contributed by atoms with van der Waals surface area (Å²) in [5.41, 5.74) is 3.02. The quantitative estimate of drug-likeness (QED) is 0.815. The normalized spacial score (nSPS) is 10.3. The monoisotopic (exact) mass is 300 g/mol. The number of pyridine rings is 1. The van der Waals surface area contributed by atoms with Crippen molar-refractivity contribution in [2.24, 2.45) is 0 Å². The summed E-state index contributed by atoms with van der Waals surface area (Å²) in [4.78, 5) is 15.7. The lowest BCUT2D eigenvalue weighted by molar-refractivity contribution is -0.123. The van der Waals surface area contributed by atoms with Crippen LogP contribution in [0.1, 0.15) is 16.8 Å². The number of amides is 1. The lowest BCUT2D eigenvalue weighted by Crippen LogP contribution is -2.30. The number of carbonyl (C=O) groups excluding carboxylic acids is 1. The summed E-state index contributed by atoms with van der Waals surface area (Å²) in [7, 11) is 0. The second-order valence-electron chi connectivity index (χ2n) is 4.96. The average Bonchev–Trinajstić information content (AvgIpc) is 2.55. The number of rotatable bonds is 7. The number of aromatic nitrogens is 1. The van der Waals surface area contributed by atoms with Gasteiger partial charge in [-0.1, -0.05) is 24.3 Å². The molecule has 1 aromatic carbocycles. The summed E-state index contributed by atoms with van der Waals surface area (Å²) in [5, 5.41) is 11.7. The van der Waals surface area contributed by atoms with Crippen molar-refractivity contribution in [3.05, 3.63) is 59.4 Å². The van der Waals surface area contributed by atoms with Crippen molar-refractivity contribution < 1.29 is 14.6 Å². The third kappa shape index (κ3) is 4.86. The number of hydrogen-bond acceptors (Lipinski definition) is 4. The summed E-state index contributed by atoms with van der Waals surface area (Å²) >= 11 is 0. The SMILES string of the molecule is Cc1ccccc1CCNC(=O)COc1ccc(CO)nc1. The Morgan fingerprint density at radius 1 is 1.27 bits per heavy atom. The van der Waals surface area contributed by atoms with Gasteiger partial charge < -0.3 is 15.2 Å². The van der Waals surface area contributed by atoms with Gasteiger partial charge in [0.05, 0.1) is 18.5 Å². The summed E-state index contributed by atoms with van der Waals surface area (Å²) in [6.07, 6.45) is 2.29. The van der Waals surface area contributed by atoms with Crippen LogP contribution in [0.15, 0.2) is 42.6 Å². The van der Waals surface area contributed by atoms with E-state index in [9.17, 15) is 4.79 Å². The lowest BCUT2D eigenvalue weighted by atomic mass is 10.1. The highest BCUT2D eigenvalue weighted by Crippen LogP contribution is 2.09. The van der Waals surface area contributed by atoms with Crippen LogP contribution < -0.4 is 10.1 Å². The van der Waals surface area contributed by atoms with Gasteiger partial charge in [0.25, 0.3) is 5.91 Å². The molecule has 0 aliphatic carbocycles. The van der Waals surface area contributed by atoms with Crippen LogP contribution in [0.25, 0.3) is 0 Å². The second-order valence-corrected chi connectivity index (χ2v) is 4.96. The fourth-order valence-corrected chi connectivity index (χ4v) is 2.02. The van der Waals surface area contributed by atoms with Crippen LogP contribution in [0, 0.1) is 6.92 Å². The number of carbonyl (C=O) groups is 1. The highest BCUT2D eigenvalue weighted by molar-refractivity contribution is 5.77. The molecule has 0 atom stereocenters. The van der Waals surface area contributed by atoms with Crippen molar-refractivity contribution in [3.8, 4) is 5.75 Å². The van der Waals surface area contributed by atoms with E-state index in [-0.39, 0.29) is 19.1 Å². The maximum Gasteiger partial charge on any atom is 0.257 e. The van der Waals surface area contributed by atoms with E-state index in [1.807, 2.05) is 12.1 Å². The van der Waals surface area contributed by atoms with Crippen LogP contribution in [0.3, 0.4) is 0 Å². The zero-order valence-electron chi connectivity index (χ0n) is 12.6. The predicted molar refractivity (Wildman–Crippen MR) is 83.5 cm³/mol. The number of aliphatic hydroxyl groups excluding tert-OH is 1. The van der Waals surface area contributed by atoms with E-state index in [0.717, 1.165) is 6.42 Å². The van der Waals surface area contributed by atoms with Crippen molar-refractivity contribution in [2.45, 2.75) is 20.0 Å². The van der Waals surface area contributed by atoms with Crippen molar-refractivity contribution in [1.29, 1.82) is 0 Å². The smallest absolute Gasteiger partial charge is 0.257 e. The Balaban J connectivity index is 1.70. The highest BCUT2D eigenvalue weighted by Gasteiger charge is 2.04. The van der Waals surface area contributed by atoms with Crippen LogP contribution in [-0.2, 0) is 17.8 Å². The van der Waals surface area contributed by atoms with Gasteiger partial charge in [-0.25, -0.2) is 0 Å². The van der Waals surface area contributed by atoms with Crippen LogP contribution in [0.4, 0.5) is 0 Å². The first-order valence-electron chi connectivity index (χ1n) is 7.19. The molecule has 0 aliphatic heterocycles. The van der Waals surface area contributed by atoms with Gasteiger partial charge >= 0.3 is 0 Å². The van der Waals surface area contributed by atoms with E-state index in [0.29, 0.717) is 18.0 Å². The fourth-order valence-electron chi connectivity index (χ4n) is 2.02. The molecule has 116 valence electrons. The largest absolute Gasteiger partial charge is 0.482 e. The topological polar surface area (TPSA) is 71.5 Å². The number of aliphatic hydroxyl groups is 1. The molecule has 0 unspecified atom stereocenters. The molecule has 1 aromatic heterocycles. The Hall–Kier alpha value is -2.40. The zero-order chi connectivity index (χ0) is 15.8. The molecular weight excluding hydrogens is 280 g/mol. The van der Waals surface area contributed by atoms with E-state index < -0.39 is 0 Å². The molecular formula is C17H20N2O3. The zero-order valence-corrected chi connectivity index (χ0v) is 12.6. The van der Waals surface area contributed by atoms with Crippen molar-refractivity contribution in [1.82, 2.24) is 10.3 Å². The molecule has 5 heteroatoms. The van der Waals surface area contributed by atoms with Crippen LogP contribution >= 0.6 is 0 Å². The first-order chi connectivity index (χ1) is 10.7. The first-order valence-corrected chi connectivity index (χ1v) is 7.19. The summed E-state index contributed by atoms with van der Waals surface area (Å²) in [6.45, 7) is 2.48. The molecule has 22 heavy (non-hydrogen) atoms. The summed E-state index contributed by atoms with van der Waals surface area (Å²) < 4.78 is 5.34. The molecule has 0 radical (unpaired) electrons. The number of nitrogens with zero attached hydrogens (tertiary/aromatic N) is 1. The van der Waals surface area contributed by atoms with Gasteiger partial charge in [0, 0.05) is 6.54 Å². The Morgan fingerprint density at radius 3 is 2.77 bits per heavy atom. The second kappa shape index (κ2) is 8.14. The molecule has 1 amide bonds. The molecule has 5 nitrogen and oxygen atoms in total. The van der Waals surface area contributed by atoms with Crippen LogP contribution in [0.5, 0.6) is 5.75 Å². The highest BCUT2D eigenvalue weighted by atomic mass is 16.5. The molecule has 2 aromatic rings. The maximum absolute atomic E-state index is 11.7. The van der Waals surface area contributed by atoms with E-state index in [4.69, 9.17) is 9.84 Å². The van der Waals surface area contributed by atoms with E-state index in [2.05, 4.69) is 29.4 Å². The number of ether oxygens (including phenoxy) is 1. The van der Waals surface area contributed by atoms with Gasteiger partial charge in [0.2, 0.25) is 0 Å². The van der Waals surface area contributed by atoms with E-state index in [1.165, 1.54) is 17.3 Å². The van der Waals surface area contributed by atoms with Crippen molar-refractivity contribution >= 4 is 5.91 Å². The minimum absolute atomic E-state index is 0.0477. The summed E-state index contributed by atoms with van der Waals surface area (Å²) in [5.74, 6) is 0.339. The number of benzene rings is 1. The Bertz CT molecular complexity index is 612. The third-order valence-electron chi connectivity index (χ3n) is 3.31. The van der Waals surface area contributed by atoms with Gasteiger partial charge in [-0.2, -0.15) is 0 Å². The van der Waals surface area contributed by atoms with Crippen LogP contribution in [0.2, 0.25) is 0 Å². The van der Waals surface area contributed by atoms with E-state index >= 15 is 0 Å². The third-order valence-corrected chi connectivity index (χ3v) is 3.31. The minimum Gasteiger partial charge on any atom is -0.482 e. The lowest BCUT2D eigenvalue weighted by Gasteiger charge is -2.09. The molecule has 0 spiro atoms. The number of aryl methyl sites for hydroxylation is 1. The Kier molecular flexibility index (Phi) is 5.91. The Labute approximate surface area is 130 Å². The molecule has 2 rings (SSSR count). The maximum atomic E-state index is 11.7. The molecule has 0 saturated heterocycles. The average molecular weight is 300 g/mol. The van der Waals surface area contributed by atoms with E-state index in [1.54, 1.807) is 12.1 Å². The molecule has 0 aliphatic rings. The van der Waals surface area contributed by atoms with Gasteiger partial charge in [0.1, 0.15) is 5.75 Å². The van der Waals surface area contributed by atoms with Gasteiger partial charge in [0.15, 0.2) is 6.61 Å². The molecule has 0 saturated carbocycles. The molecule has 0 bridgehead atoms. The van der Waals surface area contributed by atoms with Crippen LogP contribution in [-0.4, -0.2) is 29.1 Å². The predicted octanol–water partition coefficient (Wildman–Crippen LogP) is 1.62. The van der Waals surface area contributed by atoms with Gasteiger partial charge in [-0.05, 0) is 36.6 Å². The minimum atomic E-state index is -0.167. The van der Waals surface area contributed by atoms with Crippen molar-refractivity contribution in [3.63, 3.8) is 0 Å².